The Morgan fingerprint density at radius 3 is 2.29 bits per heavy atom. The van der Waals surface area contributed by atoms with Gasteiger partial charge in [0.2, 0.25) is 0 Å². The number of sulfone groups is 1. The smallest absolute Gasteiger partial charge is 0.200 e. The molecule has 0 saturated carbocycles. The van der Waals surface area contributed by atoms with Gasteiger partial charge in [-0.3, -0.25) is 0 Å². The van der Waals surface area contributed by atoms with Crippen LogP contribution in [0, 0.1) is 0 Å². The molecular weight excluding hydrogens is 322 g/mol. The lowest BCUT2D eigenvalue weighted by atomic mass is 10.2. The van der Waals surface area contributed by atoms with Gasteiger partial charge in [-0.1, -0.05) is 36.4 Å². The lowest BCUT2D eigenvalue weighted by Crippen LogP contribution is -2.42. The van der Waals surface area contributed by atoms with E-state index in [1.807, 2.05) is 56.5 Å². The van der Waals surface area contributed by atoms with Crippen molar-refractivity contribution in [3.05, 3.63) is 60.2 Å². The molecule has 0 saturated heterocycles. The van der Waals surface area contributed by atoms with E-state index >= 15 is 0 Å². The molecule has 5 nitrogen and oxygen atoms in total. The predicted molar refractivity (Wildman–Crippen MR) is 96.5 cm³/mol. The summed E-state index contributed by atoms with van der Waals surface area (Å²) in [4.78, 5) is 2.45. The van der Waals surface area contributed by atoms with E-state index in [2.05, 4.69) is 9.91 Å². The van der Waals surface area contributed by atoms with Crippen LogP contribution >= 0.6 is 0 Å². The Morgan fingerprint density at radius 1 is 1.00 bits per heavy atom. The maximum Gasteiger partial charge on any atom is 0.200 e. The average Bonchev–Trinajstić information content (AvgIpc) is 2.85. The summed E-state index contributed by atoms with van der Waals surface area (Å²) in [5, 5.41) is 3.20. The van der Waals surface area contributed by atoms with Crippen LogP contribution < -0.4 is 5.01 Å². The van der Waals surface area contributed by atoms with Crippen molar-refractivity contribution in [3.8, 4) is 0 Å². The number of likely N-dealkylation sites (N-methyl/N-ethyl adjacent to an activating group) is 1. The van der Waals surface area contributed by atoms with Crippen LogP contribution in [-0.2, 0) is 9.84 Å². The molecule has 128 valence electrons. The van der Waals surface area contributed by atoms with Crippen molar-refractivity contribution in [3.63, 3.8) is 0 Å². The summed E-state index contributed by atoms with van der Waals surface area (Å²) in [6, 6.07) is 16.4. The first-order chi connectivity index (χ1) is 11.4. The Hall–Kier alpha value is -1.89. The molecule has 1 heterocycles. The Morgan fingerprint density at radius 2 is 1.62 bits per heavy atom. The zero-order valence-corrected chi connectivity index (χ0v) is 15.1. The molecule has 2 aromatic carbocycles. The number of hydrogen-bond donors (Lipinski definition) is 0. The van der Waals surface area contributed by atoms with Crippen LogP contribution in [0.3, 0.4) is 0 Å². The summed E-state index contributed by atoms with van der Waals surface area (Å²) in [5.74, 6) is 0. The van der Waals surface area contributed by atoms with E-state index in [0.717, 1.165) is 24.3 Å². The minimum absolute atomic E-state index is 0.353. The highest BCUT2D eigenvalue weighted by molar-refractivity contribution is 7.91. The van der Waals surface area contributed by atoms with Crippen molar-refractivity contribution < 1.29 is 8.42 Å². The Labute approximate surface area is 144 Å². The number of hydrazine groups is 1. The van der Waals surface area contributed by atoms with Crippen LogP contribution in [0.4, 0.5) is 5.69 Å². The molecule has 24 heavy (non-hydrogen) atoms. The second-order valence-corrected chi connectivity index (χ2v) is 8.28. The monoisotopic (exact) mass is 345 g/mol. The van der Waals surface area contributed by atoms with Crippen molar-refractivity contribution in [1.29, 1.82) is 0 Å². The first kappa shape index (κ1) is 17.0. The van der Waals surface area contributed by atoms with Gasteiger partial charge in [0, 0.05) is 25.7 Å². The van der Waals surface area contributed by atoms with Gasteiger partial charge in [0.25, 0.3) is 0 Å². The molecule has 0 amide bonds. The van der Waals surface area contributed by atoms with Gasteiger partial charge >= 0.3 is 0 Å². The van der Waals surface area contributed by atoms with E-state index in [4.69, 9.17) is 0 Å². The molecule has 0 spiro atoms. The van der Waals surface area contributed by atoms with Gasteiger partial charge in [-0.25, -0.2) is 13.4 Å². The molecule has 3 rings (SSSR count). The number of para-hydroxylation sites is 1. The van der Waals surface area contributed by atoms with Gasteiger partial charge in [0.05, 0.1) is 10.6 Å². The highest BCUT2D eigenvalue weighted by Crippen LogP contribution is 2.43. The van der Waals surface area contributed by atoms with Gasteiger partial charge in [-0.2, -0.15) is 0 Å². The van der Waals surface area contributed by atoms with Gasteiger partial charge in [0.1, 0.15) is 0 Å². The predicted octanol–water partition coefficient (Wildman–Crippen LogP) is 2.39. The summed E-state index contributed by atoms with van der Waals surface area (Å²) in [7, 11) is 2.37. The van der Waals surface area contributed by atoms with Crippen LogP contribution in [0.5, 0.6) is 0 Å². The van der Waals surface area contributed by atoms with Gasteiger partial charge in [-0.05, 0) is 32.3 Å². The fraction of sp³-hybridized carbons (Fsp3) is 0.333. The summed E-state index contributed by atoms with van der Waals surface area (Å²) >= 11 is 0. The summed E-state index contributed by atoms with van der Waals surface area (Å²) in [6.07, 6.45) is 0. The molecule has 1 aliphatic heterocycles. The number of rotatable bonds is 5. The van der Waals surface area contributed by atoms with E-state index in [-0.39, 0.29) is 0 Å². The maximum absolute atomic E-state index is 13.2. The van der Waals surface area contributed by atoms with Gasteiger partial charge in [-0.15, -0.1) is 0 Å². The number of hydrogen-bond acceptors (Lipinski definition) is 5. The van der Waals surface area contributed by atoms with Crippen molar-refractivity contribution in [1.82, 2.24) is 9.91 Å². The lowest BCUT2D eigenvalue weighted by Gasteiger charge is -2.31. The molecular formula is C18H23N3O2S. The van der Waals surface area contributed by atoms with Crippen molar-refractivity contribution >= 4 is 15.5 Å². The standard InChI is InChI=1S/C18H23N3O2S/c1-19(2)13-14-21-17-12-8-7-11-16(17)18(20(21)3)24(22,23)15-9-5-4-6-10-15/h4-12,18H,13-14H2,1-3H3. The van der Waals surface area contributed by atoms with Crippen molar-refractivity contribution in [2.24, 2.45) is 0 Å². The lowest BCUT2D eigenvalue weighted by molar-refractivity contribution is 0.286. The van der Waals surface area contributed by atoms with Crippen molar-refractivity contribution in [2.45, 2.75) is 10.3 Å². The summed E-state index contributed by atoms with van der Waals surface area (Å²) in [6.45, 7) is 1.58. The third-order valence-electron chi connectivity index (χ3n) is 4.33. The SMILES string of the molecule is CN(C)CCN1c2ccccc2C(S(=O)(=O)c2ccccc2)N1C. The van der Waals surface area contributed by atoms with Gasteiger partial charge in [0.15, 0.2) is 15.2 Å². The second-order valence-electron chi connectivity index (χ2n) is 6.27. The molecule has 0 aliphatic carbocycles. The Kier molecular flexibility index (Phi) is 4.62. The summed E-state index contributed by atoms with van der Waals surface area (Å²) < 4.78 is 26.4. The van der Waals surface area contributed by atoms with E-state index in [1.165, 1.54) is 0 Å². The van der Waals surface area contributed by atoms with Crippen LogP contribution in [0.2, 0.25) is 0 Å². The Balaban J connectivity index is 2.03. The largest absolute Gasteiger partial charge is 0.308 e. The number of nitrogens with zero attached hydrogens (tertiary/aromatic N) is 3. The number of anilines is 1. The fourth-order valence-corrected chi connectivity index (χ4v) is 4.95. The summed E-state index contributed by atoms with van der Waals surface area (Å²) in [5.41, 5.74) is 1.80. The molecule has 2 aromatic rings. The van der Waals surface area contributed by atoms with E-state index in [0.29, 0.717) is 4.90 Å². The van der Waals surface area contributed by atoms with E-state index < -0.39 is 15.2 Å². The van der Waals surface area contributed by atoms with Crippen LogP contribution in [0.25, 0.3) is 0 Å². The third-order valence-corrected chi connectivity index (χ3v) is 6.40. The third kappa shape index (κ3) is 2.92. The fourth-order valence-electron chi connectivity index (χ4n) is 3.11. The highest BCUT2D eigenvalue weighted by atomic mass is 32.2. The Bertz CT molecular complexity index is 806. The minimum atomic E-state index is -3.50. The normalized spacial score (nSPS) is 18.2. The van der Waals surface area contributed by atoms with Crippen LogP contribution in [0.1, 0.15) is 10.9 Å². The first-order valence-corrected chi connectivity index (χ1v) is 9.50. The molecule has 0 bridgehead atoms. The molecule has 0 radical (unpaired) electrons. The molecule has 6 heteroatoms. The molecule has 1 atom stereocenters. The molecule has 1 aliphatic rings. The molecule has 0 fully saturated rings. The second kappa shape index (κ2) is 6.55. The zero-order chi connectivity index (χ0) is 17.3. The number of fused-ring (bicyclic) bond motifs is 1. The maximum atomic E-state index is 13.2. The van der Waals surface area contributed by atoms with Crippen molar-refractivity contribution in [2.75, 3.05) is 39.2 Å². The quantitative estimate of drug-likeness (QED) is 0.832. The topological polar surface area (TPSA) is 43.9 Å². The molecule has 1 unspecified atom stereocenters. The highest BCUT2D eigenvalue weighted by Gasteiger charge is 2.42. The minimum Gasteiger partial charge on any atom is -0.308 e. The van der Waals surface area contributed by atoms with Crippen LogP contribution in [-0.4, -0.2) is 52.6 Å². The number of benzene rings is 2. The average molecular weight is 345 g/mol. The van der Waals surface area contributed by atoms with E-state index in [9.17, 15) is 8.42 Å². The van der Waals surface area contributed by atoms with Gasteiger partial charge < -0.3 is 9.91 Å². The molecule has 0 N–H and O–H groups in total. The molecule has 0 aromatic heterocycles. The van der Waals surface area contributed by atoms with E-state index in [1.54, 1.807) is 24.3 Å². The zero-order valence-electron chi connectivity index (χ0n) is 14.3. The first-order valence-electron chi connectivity index (χ1n) is 7.96. The van der Waals surface area contributed by atoms with Crippen LogP contribution in [0.15, 0.2) is 59.5 Å².